The minimum Gasteiger partial charge on any atom is -0.488 e. The zero-order valence-electron chi connectivity index (χ0n) is 25.9. The van der Waals surface area contributed by atoms with E-state index in [1.54, 1.807) is 4.90 Å². The number of rotatable bonds is 12. The second kappa shape index (κ2) is 13.9. The fourth-order valence-corrected chi connectivity index (χ4v) is 5.41. The lowest BCUT2D eigenvalue weighted by Crippen LogP contribution is -2.30. The maximum atomic E-state index is 13.6. The van der Waals surface area contributed by atoms with Gasteiger partial charge >= 0.3 is 5.97 Å². The summed E-state index contributed by atoms with van der Waals surface area (Å²) in [5.41, 5.74) is 5.92. The standard InChI is InChI=1S/C37H45NO4/c1-26(2)32-23-33(27(3)21-34(32)41-25-29-13-8-7-9-14-29)35(39)38(6)24-30-16-12-15-28(22-30)19-20-37(4,5)36(40)42-31-17-10-11-18-31/h7-9,12-16,21-23,31H,1,10-11,17-20,24-25H2,2-6H3. The number of carbonyl (C=O) groups is 2. The molecule has 5 nitrogen and oxygen atoms in total. The molecule has 1 fully saturated rings. The highest BCUT2D eigenvalue weighted by atomic mass is 16.5. The topological polar surface area (TPSA) is 55.8 Å². The van der Waals surface area contributed by atoms with Crippen molar-refractivity contribution in [2.45, 2.75) is 85.5 Å². The lowest BCUT2D eigenvalue weighted by atomic mass is 9.86. The van der Waals surface area contributed by atoms with Crippen LogP contribution in [0.4, 0.5) is 0 Å². The predicted molar refractivity (Wildman–Crippen MR) is 169 cm³/mol. The lowest BCUT2D eigenvalue weighted by Gasteiger charge is -2.25. The van der Waals surface area contributed by atoms with E-state index in [0.717, 1.165) is 71.2 Å². The Hall–Kier alpha value is -3.86. The van der Waals surface area contributed by atoms with Gasteiger partial charge in [0.25, 0.3) is 5.91 Å². The molecule has 0 heterocycles. The van der Waals surface area contributed by atoms with Crippen LogP contribution in [0.1, 0.15) is 91.1 Å². The van der Waals surface area contributed by atoms with Crippen molar-refractivity contribution in [3.8, 4) is 5.75 Å². The van der Waals surface area contributed by atoms with Crippen molar-refractivity contribution in [2.24, 2.45) is 5.41 Å². The molecule has 1 amide bonds. The molecule has 0 aromatic heterocycles. The third-order valence-corrected chi connectivity index (χ3v) is 8.18. The van der Waals surface area contributed by atoms with Crippen molar-refractivity contribution < 1.29 is 19.1 Å². The first-order chi connectivity index (χ1) is 20.0. The van der Waals surface area contributed by atoms with Crippen LogP contribution in [0.5, 0.6) is 5.75 Å². The molecule has 42 heavy (non-hydrogen) atoms. The molecule has 222 valence electrons. The second-order valence-corrected chi connectivity index (χ2v) is 12.4. The van der Waals surface area contributed by atoms with Crippen molar-refractivity contribution in [1.82, 2.24) is 4.90 Å². The van der Waals surface area contributed by atoms with E-state index in [0.29, 0.717) is 25.1 Å². The number of carbonyl (C=O) groups excluding carboxylic acids is 2. The smallest absolute Gasteiger partial charge is 0.311 e. The van der Waals surface area contributed by atoms with Gasteiger partial charge in [0, 0.05) is 24.7 Å². The van der Waals surface area contributed by atoms with E-state index in [9.17, 15) is 9.59 Å². The summed E-state index contributed by atoms with van der Waals surface area (Å²) in [6.07, 6.45) is 5.81. The number of esters is 1. The summed E-state index contributed by atoms with van der Waals surface area (Å²) in [6.45, 7) is 12.9. The van der Waals surface area contributed by atoms with Crippen LogP contribution in [0, 0.1) is 12.3 Å². The predicted octanol–water partition coefficient (Wildman–Crippen LogP) is 8.32. The van der Waals surface area contributed by atoms with E-state index in [2.05, 4.69) is 18.7 Å². The van der Waals surface area contributed by atoms with Gasteiger partial charge in [0.1, 0.15) is 18.5 Å². The van der Waals surface area contributed by atoms with Crippen LogP contribution in [0.3, 0.4) is 0 Å². The van der Waals surface area contributed by atoms with Crippen LogP contribution in [0.2, 0.25) is 0 Å². The highest BCUT2D eigenvalue weighted by Crippen LogP contribution is 2.31. The molecule has 1 saturated carbocycles. The van der Waals surface area contributed by atoms with Gasteiger partial charge in [0.15, 0.2) is 0 Å². The zero-order valence-corrected chi connectivity index (χ0v) is 25.9. The van der Waals surface area contributed by atoms with E-state index in [1.807, 2.05) is 89.3 Å². The van der Waals surface area contributed by atoms with E-state index in [1.165, 1.54) is 0 Å². The molecule has 0 saturated heterocycles. The van der Waals surface area contributed by atoms with Crippen LogP contribution in [0.15, 0.2) is 73.3 Å². The largest absolute Gasteiger partial charge is 0.488 e. The third-order valence-electron chi connectivity index (χ3n) is 8.18. The zero-order chi connectivity index (χ0) is 30.3. The number of ether oxygens (including phenoxy) is 2. The van der Waals surface area contributed by atoms with Crippen LogP contribution in [-0.2, 0) is 29.1 Å². The molecule has 1 aliphatic rings. The van der Waals surface area contributed by atoms with Crippen molar-refractivity contribution in [1.29, 1.82) is 0 Å². The van der Waals surface area contributed by atoms with Crippen molar-refractivity contribution in [3.63, 3.8) is 0 Å². The Morgan fingerprint density at radius 2 is 1.60 bits per heavy atom. The molecule has 0 atom stereocenters. The van der Waals surface area contributed by atoms with Gasteiger partial charge in [-0.1, -0.05) is 61.2 Å². The van der Waals surface area contributed by atoms with Gasteiger partial charge in [-0.3, -0.25) is 9.59 Å². The lowest BCUT2D eigenvalue weighted by molar-refractivity contribution is -0.159. The molecule has 0 N–H and O–H groups in total. The minimum atomic E-state index is -0.541. The normalized spacial score (nSPS) is 13.5. The van der Waals surface area contributed by atoms with E-state index >= 15 is 0 Å². The van der Waals surface area contributed by atoms with Gasteiger partial charge in [-0.15, -0.1) is 0 Å². The highest BCUT2D eigenvalue weighted by molar-refractivity contribution is 5.97. The van der Waals surface area contributed by atoms with Gasteiger partial charge in [-0.05, 0) is 106 Å². The number of hydrogen-bond acceptors (Lipinski definition) is 4. The first-order valence-electron chi connectivity index (χ1n) is 15.0. The van der Waals surface area contributed by atoms with Crippen LogP contribution in [-0.4, -0.2) is 29.9 Å². The summed E-state index contributed by atoms with van der Waals surface area (Å²) in [5, 5.41) is 0. The minimum absolute atomic E-state index is 0.0502. The van der Waals surface area contributed by atoms with Crippen LogP contribution < -0.4 is 4.74 Å². The molecule has 0 aliphatic heterocycles. The Kier molecular flexibility index (Phi) is 10.3. The fraction of sp³-hybridized carbons (Fsp3) is 0.405. The number of nitrogens with zero attached hydrogens (tertiary/aromatic N) is 1. The summed E-state index contributed by atoms with van der Waals surface area (Å²) in [5.74, 6) is 0.577. The first-order valence-corrected chi connectivity index (χ1v) is 15.0. The molecular weight excluding hydrogens is 522 g/mol. The molecule has 0 bridgehead atoms. The quantitative estimate of drug-likeness (QED) is 0.207. The maximum absolute atomic E-state index is 13.6. The third kappa shape index (κ3) is 8.12. The molecular formula is C37H45NO4. The van der Waals surface area contributed by atoms with Crippen LogP contribution >= 0.6 is 0 Å². The molecule has 5 heteroatoms. The SMILES string of the molecule is C=C(C)c1cc(C(=O)N(C)Cc2cccc(CCC(C)(C)C(=O)OC3CCCC3)c2)c(C)cc1OCc1ccccc1. The van der Waals surface area contributed by atoms with Gasteiger partial charge in [0.05, 0.1) is 5.41 Å². The average Bonchev–Trinajstić information content (AvgIpc) is 3.48. The van der Waals surface area contributed by atoms with Crippen molar-refractivity contribution in [3.05, 3.63) is 107 Å². The van der Waals surface area contributed by atoms with Gasteiger partial charge in [0.2, 0.25) is 0 Å². The van der Waals surface area contributed by atoms with Crippen molar-refractivity contribution >= 4 is 17.4 Å². The molecule has 3 aromatic rings. The number of benzene rings is 3. The molecule has 4 rings (SSSR count). The summed E-state index contributed by atoms with van der Waals surface area (Å²) in [7, 11) is 1.83. The van der Waals surface area contributed by atoms with E-state index in [-0.39, 0.29) is 18.0 Å². The summed E-state index contributed by atoms with van der Waals surface area (Å²) in [4.78, 5) is 28.1. The average molecular weight is 568 g/mol. The first kappa shape index (κ1) is 31.1. The Morgan fingerprint density at radius 1 is 0.929 bits per heavy atom. The Morgan fingerprint density at radius 3 is 2.29 bits per heavy atom. The molecule has 0 radical (unpaired) electrons. The number of amides is 1. The van der Waals surface area contributed by atoms with Gasteiger partial charge in [-0.25, -0.2) is 0 Å². The molecule has 3 aromatic carbocycles. The number of aryl methyl sites for hydroxylation is 2. The highest BCUT2D eigenvalue weighted by Gasteiger charge is 2.32. The molecule has 1 aliphatic carbocycles. The monoisotopic (exact) mass is 567 g/mol. The van der Waals surface area contributed by atoms with E-state index in [4.69, 9.17) is 9.47 Å². The summed E-state index contributed by atoms with van der Waals surface area (Å²) < 4.78 is 11.9. The van der Waals surface area contributed by atoms with E-state index < -0.39 is 5.41 Å². The Balaban J connectivity index is 1.40. The Bertz CT molecular complexity index is 1400. The van der Waals surface area contributed by atoms with Crippen molar-refractivity contribution in [2.75, 3.05) is 7.05 Å². The summed E-state index contributed by atoms with van der Waals surface area (Å²) >= 11 is 0. The van der Waals surface area contributed by atoms with Crippen LogP contribution in [0.25, 0.3) is 5.57 Å². The summed E-state index contributed by atoms with van der Waals surface area (Å²) in [6, 6.07) is 22.1. The molecule has 0 spiro atoms. The second-order valence-electron chi connectivity index (χ2n) is 12.4. The Labute approximate surface area is 251 Å². The van der Waals surface area contributed by atoms with Gasteiger partial charge < -0.3 is 14.4 Å². The molecule has 0 unspecified atom stereocenters. The number of allylic oxidation sites excluding steroid dienone is 1. The van der Waals surface area contributed by atoms with Gasteiger partial charge in [-0.2, -0.15) is 0 Å². The number of hydrogen-bond donors (Lipinski definition) is 0. The fourth-order valence-electron chi connectivity index (χ4n) is 5.41. The maximum Gasteiger partial charge on any atom is 0.311 e.